The van der Waals surface area contributed by atoms with Gasteiger partial charge in [-0.15, -0.1) is 0 Å². The molecule has 1 saturated heterocycles. The summed E-state index contributed by atoms with van der Waals surface area (Å²) in [6, 6.07) is 22.8. The zero-order chi connectivity index (χ0) is 23.7. The lowest BCUT2D eigenvalue weighted by molar-refractivity contribution is 0.160. The van der Waals surface area contributed by atoms with Gasteiger partial charge in [0.05, 0.1) is 7.11 Å². The lowest BCUT2D eigenvalue weighted by atomic mass is 9.74. The average Bonchev–Trinajstić information content (AvgIpc) is 3.17. The minimum atomic E-state index is -0.0748. The fraction of sp³-hybridized carbons (Fsp3) is 0.345. The topological polar surface area (TPSA) is 44.8 Å². The molecule has 0 radical (unpaired) electrons. The molecule has 5 heteroatoms. The van der Waals surface area contributed by atoms with Crippen LogP contribution in [-0.4, -0.2) is 37.7 Å². The first-order valence-corrected chi connectivity index (χ1v) is 12.1. The smallest absolute Gasteiger partial charge is 0.326 e. The molecule has 1 N–H and O–H groups in total. The number of carbonyl (C=O) groups excluding carboxylic acids is 1. The van der Waals surface area contributed by atoms with E-state index in [9.17, 15) is 4.79 Å². The van der Waals surface area contributed by atoms with Gasteiger partial charge in [-0.3, -0.25) is 9.80 Å². The first kappa shape index (κ1) is 22.5. The first-order valence-electron chi connectivity index (χ1n) is 12.1. The van der Waals surface area contributed by atoms with E-state index in [0.717, 1.165) is 49.6 Å². The molecule has 34 heavy (non-hydrogen) atoms. The van der Waals surface area contributed by atoms with Crippen LogP contribution in [0.15, 0.2) is 66.7 Å². The minimum absolute atomic E-state index is 0.0434. The van der Waals surface area contributed by atoms with Gasteiger partial charge in [0, 0.05) is 29.9 Å². The summed E-state index contributed by atoms with van der Waals surface area (Å²) >= 11 is 0. The van der Waals surface area contributed by atoms with Gasteiger partial charge in [-0.05, 0) is 81.2 Å². The van der Waals surface area contributed by atoms with Crippen molar-refractivity contribution >= 4 is 17.4 Å². The Hall–Kier alpha value is -3.31. The van der Waals surface area contributed by atoms with Crippen LogP contribution in [0.25, 0.3) is 0 Å². The van der Waals surface area contributed by atoms with Crippen LogP contribution in [0.5, 0.6) is 5.75 Å². The minimum Gasteiger partial charge on any atom is -0.497 e. The Kier molecular flexibility index (Phi) is 6.05. The van der Waals surface area contributed by atoms with Crippen LogP contribution < -0.4 is 15.0 Å². The number of nitrogens with zero attached hydrogens (tertiary/aromatic N) is 2. The largest absolute Gasteiger partial charge is 0.497 e. The van der Waals surface area contributed by atoms with Gasteiger partial charge in [-0.1, -0.05) is 47.5 Å². The second-order valence-electron chi connectivity index (χ2n) is 9.81. The molecule has 5 rings (SSSR count). The maximum absolute atomic E-state index is 13.3. The summed E-state index contributed by atoms with van der Waals surface area (Å²) < 4.78 is 5.56. The molecular formula is C29H33N3O2. The van der Waals surface area contributed by atoms with Crippen LogP contribution >= 0.6 is 0 Å². The molecule has 0 unspecified atom stereocenters. The third kappa shape index (κ3) is 4.40. The molecule has 0 atom stereocenters. The number of piperidine rings is 1. The van der Waals surface area contributed by atoms with Crippen molar-refractivity contribution in [2.24, 2.45) is 0 Å². The highest BCUT2D eigenvalue weighted by Crippen LogP contribution is 2.48. The molecule has 2 amide bonds. The number of rotatable bonds is 4. The zero-order valence-electron chi connectivity index (χ0n) is 20.3. The molecule has 3 aromatic rings. The van der Waals surface area contributed by atoms with E-state index in [4.69, 9.17) is 4.74 Å². The van der Waals surface area contributed by atoms with E-state index in [2.05, 4.69) is 47.5 Å². The molecule has 0 bridgehead atoms. The number of carbonyl (C=O) groups is 1. The number of anilines is 2. The third-order valence-corrected chi connectivity index (χ3v) is 7.41. The van der Waals surface area contributed by atoms with Gasteiger partial charge in [0.25, 0.3) is 0 Å². The third-order valence-electron chi connectivity index (χ3n) is 7.41. The SMILES string of the molecule is COc1ccc2c(c1)C1(CCN(Cc3ccc(C)cc3)CC1)CN2C(=O)Nc1ccc(C)cc1. The molecule has 0 aliphatic carbocycles. The number of hydrogen-bond donors (Lipinski definition) is 1. The van der Waals surface area contributed by atoms with Crippen molar-refractivity contribution in [1.29, 1.82) is 0 Å². The summed E-state index contributed by atoms with van der Waals surface area (Å²) in [5.74, 6) is 0.848. The van der Waals surface area contributed by atoms with Crippen LogP contribution in [0.1, 0.15) is 35.1 Å². The molecule has 1 spiro atoms. The van der Waals surface area contributed by atoms with Gasteiger partial charge in [-0.25, -0.2) is 4.79 Å². The molecule has 3 aromatic carbocycles. The Labute approximate surface area is 202 Å². The lowest BCUT2D eigenvalue weighted by Gasteiger charge is -2.40. The maximum atomic E-state index is 13.3. The number of methoxy groups -OCH3 is 1. The summed E-state index contributed by atoms with van der Waals surface area (Å²) in [4.78, 5) is 17.8. The predicted molar refractivity (Wildman–Crippen MR) is 138 cm³/mol. The average molecular weight is 456 g/mol. The van der Waals surface area contributed by atoms with Gasteiger partial charge in [-0.2, -0.15) is 0 Å². The summed E-state index contributed by atoms with van der Waals surface area (Å²) in [6.45, 7) is 7.87. The Morgan fingerprint density at radius 2 is 1.59 bits per heavy atom. The van der Waals surface area contributed by atoms with E-state index in [1.807, 2.05) is 48.2 Å². The molecule has 176 valence electrons. The molecule has 0 aromatic heterocycles. The Morgan fingerprint density at radius 3 is 2.24 bits per heavy atom. The van der Waals surface area contributed by atoms with E-state index < -0.39 is 0 Å². The van der Waals surface area contributed by atoms with Crippen LogP contribution in [0.3, 0.4) is 0 Å². The summed E-state index contributed by atoms with van der Waals surface area (Å²) in [7, 11) is 1.70. The number of urea groups is 1. The Balaban J connectivity index is 1.35. The van der Waals surface area contributed by atoms with E-state index in [-0.39, 0.29) is 11.4 Å². The molecule has 0 saturated carbocycles. The van der Waals surface area contributed by atoms with Gasteiger partial charge in [0.2, 0.25) is 0 Å². The van der Waals surface area contributed by atoms with E-state index >= 15 is 0 Å². The van der Waals surface area contributed by atoms with Gasteiger partial charge >= 0.3 is 6.03 Å². The monoisotopic (exact) mass is 455 g/mol. The van der Waals surface area contributed by atoms with Crippen molar-refractivity contribution < 1.29 is 9.53 Å². The standard InChI is InChI=1S/C29H33N3O2/c1-21-4-8-23(9-5-21)19-31-16-14-29(15-17-31)20-32(27-13-12-25(34-3)18-26(27)29)28(33)30-24-10-6-22(2)7-11-24/h4-13,18H,14-17,19-20H2,1-3H3,(H,30,33). The van der Waals surface area contributed by atoms with Crippen molar-refractivity contribution in [3.63, 3.8) is 0 Å². The molecular weight excluding hydrogens is 422 g/mol. The second kappa shape index (κ2) is 9.15. The molecule has 5 nitrogen and oxygen atoms in total. The number of hydrogen-bond acceptors (Lipinski definition) is 3. The van der Waals surface area contributed by atoms with Gasteiger partial charge in [0.15, 0.2) is 0 Å². The summed E-state index contributed by atoms with van der Waals surface area (Å²) in [5, 5.41) is 3.09. The second-order valence-corrected chi connectivity index (χ2v) is 9.81. The van der Waals surface area contributed by atoms with Crippen molar-refractivity contribution in [1.82, 2.24) is 4.90 Å². The van der Waals surface area contributed by atoms with Crippen LogP contribution in [0.4, 0.5) is 16.2 Å². The van der Waals surface area contributed by atoms with Crippen molar-refractivity contribution in [3.05, 3.63) is 89.0 Å². The van der Waals surface area contributed by atoms with Crippen molar-refractivity contribution in [3.8, 4) is 5.75 Å². The maximum Gasteiger partial charge on any atom is 0.326 e. The predicted octanol–water partition coefficient (Wildman–Crippen LogP) is 5.90. The van der Waals surface area contributed by atoms with Gasteiger partial charge in [0.1, 0.15) is 5.75 Å². The van der Waals surface area contributed by atoms with Crippen LogP contribution in [0.2, 0.25) is 0 Å². The number of ether oxygens (including phenoxy) is 1. The highest BCUT2D eigenvalue weighted by molar-refractivity contribution is 6.03. The highest BCUT2D eigenvalue weighted by atomic mass is 16.5. The highest BCUT2D eigenvalue weighted by Gasteiger charge is 2.46. The van der Waals surface area contributed by atoms with Gasteiger partial charge < -0.3 is 10.1 Å². The molecule has 1 fully saturated rings. The zero-order valence-corrected chi connectivity index (χ0v) is 20.3. The Morgan fingerprint density at radius 1 is 0.941 bits per heavy atom. The number of likely N-dealkylation sites (tertiary alicyclic amines) is 1. The number of nitrogens with one attached hydrogen (secondary N) is 1. The van der Waals surface area contributed by atoms with Crippen molar-refractivity contribution in [2.75, 3.05) is 37.0 Å². The quantitative estimate of drug-likeness (QED) is 0.533. The summed E-state index contributed by atoms with van der Waals surface area (Å²) in [5.41, 5.74) is 6.83. The number of amides is 2. The Bertz CT molecular complexity index is 1160. The molecule has 2 heterocycles. The van der Waals surface area contributed by atoms with Crippen molar-refractivity contribution in [2.45, 2.75) is 38.6 Å². The molecule has 2 aliphatic rings. The van der Waals surface area contributed by atoms with E-state index in [0.29, 0.717) is 6.54 Å². The first-order chi connectivity index (χ1) is 16.5. The number of fused-ring (bicyclic) bond motifs is 2. The summed E-state index contributed by atoms with van der Waals surface area (Å²) in [6.07, 6.45) is 2.04. The van der Waals surface area contributed by atoms with Crippen LogP contribution in [0, 0.1) is 13.8 Å². The van der Waals surface area contributed by atoms with Crippen LogP contribution in [-0.2, 0) is 12.0 Å². The fourth-order valence-corrected chi connectivity index (χ4v) is 5.30. The molecule has 2 aliphatic heterocycles. The van der Waals surface area contributed by atoms with E-state index in [1.54, 1.807) is 7.11 Å². The normalized spacial score (nSPS) is 17.0. The number of aryl methyl sites for hydroxylation is 2. The fourth-order valence-electron chi connectivity index (χ4n) is 5.30. The lowest BCUT2D eigenvalue weighted by Crippen LogP contribution is -2.46. The van der Waals surface area contributed by atoms with E-state index in [1.165, 1.54) is 22.3 Å². The number of benzene rings is 3.